The van der Waals surface area contributed by atoms with Crippen molar-refractivity contribution in [2.45, 2.75) is 27.2 Å². The number of amides is 2. The predicted molar refractivity (Wildman–Crippen MR) is 80.6 cm³/mol. The molecule has 1 heterocycles. The van der Waals surface area contributed by atoms with Crippen molar-refractivity contribution in [1.29, 1.82) is 0 Å². The van der Waals surface area contributed by atoms with Gasteiger partial charge in [0.15, 0.2) is 0 Å². The molecule has 1 aromatic rings. The van der Waals surface area contributed by atoms with E-state index >= 15 is 0 Å². The molecule has 0 radical (unpaired) electrons. The van der Waals surface area contributed by atoms with Crippen LogP contribution in [0.25, 0.3) is 0 Å². The fourth-order valence-corrected chi connectivity index (χ4v) is 2.34. The van der Waals surface area contributed by atoms with Crippen LogP contribution in [0.3, 0.4) is 0 Å². The van der Waals surface area contributed by atoms with Gasteiger partial charge < -0.3 is 5.11 Å². The summed E-state index contributed by atoms with van der Waals surface area (Å²) in [5.74, 6) is 4.82. The Kier molecular flexibility index (Phi) is 4.44. The summed E-state index contributed by atoms with van der Waals surface area (Å²) in [7, 11) is 0. The number of carbonyl (C=O) groups is 2. The summed E-state index contributed by atoms with van der Waals surface area (Å²) in [5, 5.41) is 8.81. The minimum atomic E-state index is -0.308. The molecule has 1 saturated heterocycles. The molecule has 110 valence electrons. The van der Waals surface area contributed by atoms with Gasteiger partial charge in [-0.05, 0) is 24.6 Å². The van der Waals surface area contributed by atoms with Gasteiger partial charge in [0.1, 0.15) is 0 Å². The van der Waals surface area contributed by atoms with E-state index in [0.29, 0.717) is 17.7 Å². The molecule has 2 unspecified atom stereocenters. The molecule has 0 bridgehead atoms. The van der Waals surface area contributed by atoms with Crippen molar-refractivity contribution in [3.05, 3.63) is 29.3 Å². The molecule has 2 rings (SSSR count). The van der Waals surface area contributed by atoms with Crippen LogP contribution in [0.15, 0.2) is 18.2 Å². The highest BCUT2D eigenvalue weighted by Gasteiger charge is 2.43. The summed E-state index contributed by atoms with van der Waals surface area (Å²) in [6.45, 7) is 5.47. The first kappa shape index (κ1) is 15.3. The highest BCUT2D eigenvalue weighted by atomic mass is 16.2. The van der Waals surface area contributed by atoms with E-state index in [0.717, 1.165) is 5.56 Å². The zero-order chi connectivity index (χ0) is 15.6. The van der Waals surface area contributed by atoms with E-state index in [1.165, 1.54) is 4.90 Å². The maximum atomic E-state index is 12.3. The molecular formula is C17H19NO3. The normalized spacial score (nSPS) is 21.4. The summed E-state index contributed by atoms with van der Waals surface area (Å²) < 4.78 is 0. The van der Waals surface area contributed by atoms with Gasteiger partial charge in [-0.3, -0.25) is 9.59 Å². The van der Waals surface area contributed by atoms with E-state index in [1.807, 2.05) is 19.1 Å². The van der Waals surface area contributed by atoms with Gasteiger partial charge in [0, 0.05) is 23.8 Å². The van der Waals surface area contributed by atoms with Crippen molar-refractivity contribution in [3.63, 3.8) is 0 Å². The number of benzene rings is 1. The summed E-state index contributed by atoms with van der Waals surface area (Å²) in [4.78, 5) is 25.9. The fraction of sp³-hybridized carbons (Fsp3) is 0.412. The molecule has 2 amide bonds. The minimum Gasteiger partial charge on any atom is -0.395 e. The molecule has 1 aromatic carbocycles. The number of hydrogen-bond donors (Lipinski definition) is 1. The number of anilines is 1. The lowest BCUT2D eigenvalue weighted by molar-refractivity contribution is -0.122. The second-order valence-electron chi connectivity index (χ2n) is 5.39. The van der Waals surface area contributed by atoms with Crippen LogP contribution in [0.2, 0.25) is 0 Å². The van der Waals surface area contributed by atoms with E-state index in [-0.39, 0.29) is 30.3 Å². The van der Waals surface area contributed by atoms with E-state index in [4.69, 9.17) is 5.11 Å². The summed E-state index contributed by atoms with van der Waals surface area (Å²) in [5.41, 5.74) is 2.19. The number of imide groups is 1. The first-order chi connectivity index (χ1) is 9.97. The average molecular weight is 285 g/mol. The first-order valence-corrected chi connectivity index (χ1v) is 7.05. The maximum absolute atomic E-state index is 12.3. The van der Waals surface area contributed by atoms with Crippen molar-refractivity contribution in [2.75, 3.05) is 11.5 Å². The first-order valence-electron chi connectivity index (χ1n) is 7.05. The molecule has 0 saturated carbocycles. The van der Waals surface area contributed by atoms with Gasteiger partial charge in [0.05, 0.1) is 12.3 Å². The third-order valence-electron chi connectivity index (χ3n) is 3.82. The van der Waals surface area contributed by atoms with Gasteiger partial charge in [-0.25, -0.2) is 4.90 Å². The zero-order valence-electron chi connectivity index (χ0n) is 12.5. The van der Waals surface area contributed by atoms with Gasteiger partial charge in [-0.2, -0.15) is 0 Å². The maximum Gasteiger partial charge on any atom is 0.237 e. The zero-order valence-corrected chi connectivity index (χ0v) is 12.5. The van der Waals surface area contributed by atoms with E-state index in [9.17, 15) is 9.59 Å². The standard InChI is InChI=1S/C17H19NO3/c1-11-7-8-15(14(10-11)6-4-5-9-19)18-16(20)12(2)13(3)17(18)21/h7-8,10,12-13,19H,5,9H2,1-3H3. The van der Waals surface area contributed by atoms with Gasteiger partial charge in [-0.1, -0.05) is 31.8 Å². The average Bonchev–Trinajstić information content (AvgIpc) is 2.64. The number of nitrogens with zero attached hydrogens (tertiary/aromatic N) is 1. The molecule has 4 heteroatoms. The van der Waals surface area contributed by atoms with Crippen molar-refractivity contribution in [1.82, 2.24) is 0 Å². The molecule has 21 heavy (non-hydrogen) atoms. The SMILES string of the molecule is Cc1ccc(N2C(=O)C(C)C(C)C2=O)c(C#CCCO)c1. The largest absolute Gasteiger partial charge is 0.395 e. The Hall–Kier alpha value is -2.12. The molecule has 0 aromatic heterocycles. The van der Waals surface area contributed by atoms with Crippen LogP contribution < -0.4 is 4.90 Å². The Balaban J connectivity index is 2.47. The van der Waals surface area contributed by atoms with E-state index in [1.54, 1.807) is 19.9 Å². The van der Waals surface area contributed by atoms with Gasteiger partial charge >= 0.3 is 0 Å². The molecule has 1 N–H and O–H groups in total. The van der Waals surface area contributed by atoms with Gasteiger partial charge in [0.2, 0.25) is 11.8 Å². The topological polar surface area (TPSA) is 57.6 Å². The summed E-state index contributed by atoms with van der Waals surface area (Å²) in [6.07, 6.45) is 0.363. The van der Waals surface area contributed by atoms with Crippen LogP contribution in [0.5, 0.6) is 0 Å². The molecule has 1 aliphatic rings. The summed E-state index contributed by atoms with van der Waals surface area (Å²) in [6, 6.07) is 5.48. The number of aliphatic hydroxyl groups excluding tert-OH is 1. The predicted octanol–water partition coefficient (Wildman–Crippen LogP) is 1.87. The molecule has 4 nitrogen and oxygen atoms in total. The van der Waals surface area contributed by atoms with E-state index in [2.05, 4.69) is 11.8 Å². The number of carbonyl (C=O) groups excluding carboxylic acids is 2. The molecule has 1 fully saturated rings. The molecule has 1 aliphatic heterocycles. The lowest BCUT2D eigenvalue weighted by Crippen LogP contribution is -2.31. The van der Waals surface area contributed by atoms with Crippen LogP contribution in [0.4, 0.5) is 5.69 Å². The molecule has 2 atom stereocenters. The van der Waals surface area contributed by atoms with Gasteiger partial charge in [-0.15, -0.1) is 0 Å². The Labute approximate surface area is 124 Å². The summed E-state index contributed by atoms with van der Waals surface area (Å²) >= 11 is 0. The van der Waals surface area contributed by atoms with Crippen LogP contribution in [0, 0.1) is 30.6 Å². The van der Waals surface area contributed by atoms with Crippen LogP contribution in [-0.4, -0.2) is 23.5 Å². The number of rotatable bonds is 2. The van der Waals surface area contributed by atoms with Crippen molar-refractivity contribution in [2.24, 2.45) is 11.8 Å². The van der Waals surface area contributed by atoms with E-state index < -0.39 is 0 Å². The Bertz CT molecular complexity index is 619. The second kappa shape index (κ2) is 6.11. The lowest BCUT2D eigenvalue weighted by Gasteiger charge is -2.17. The third kappa shape index (κ3) is 2.84. The Morgan fingerprint density at radius 1 is 1.19 bits per heavy atom. The van der Waals surface area contributed by atoms with Gasteiger partial charge in [0.25, 0.3) is 0 Å². The lowest BCUT2D eigenvalue weighted by atomic mass is 10.00. The highest BCUT2D eigenvalue weighted by molar-refractivity contribution is 6.22. The smallest absolute Gasteiger partial charge is 0.237 e. The molecule has 0 aliphatic carbocycles. The highest BCUT2D eigenvalue weighted by Crippen LogP contribution is 2.32. The van der Waals surface area contributed by atoms with Crippen molar-refractivity contribution in [3.8, 4) is 11.8 Å². The van der Waals surface area contributed by atoms with Crippen molar-refractivity contribution < 1.29 is 14.7 Å². The fourth-order valence-electron chi connectivity index (χ4n) is 2.34. The van der Waals surface area contributed by atoms with Crippen LogP contribution in [0.1, 0.15) is 31.4 Å². The Morgan fingerprint density at radius 3 is 2.38 bits per heavy atom. The third-order valence-corrected chi connectivity index (χ3v) is 3.82. The monoisotopic (exact) mass is 285 g/mol. The molecular weight excluding hydrogens is 266 g/mol. The van der Waals surface area contributed by atoms with Crippen LogP contribution in [-0.2, 0) is 9.59 Å². The number of aliphatic hydroxyl groups is 1. The minimum absolute atomic E-state index is 0.0101. The number of hydrogen-bond acceptors (Lipinski definition) is 3. The molecule has 0 spiro atoms. The second-order valence-corrected chi connectivity index (χ2v) is 5.39. The van der Waals surface area contributed by atoms with Crippen molar-refractivity contribution >= 4 is 17.5 Å². The Morgan fingerprint density at radius 2 is 1.81 bits per heavy atom. The van der Waals surface area contributed by atoms with Crippen LogP contribution >= 0.6 is 0 Å². The number of aryl methyl sites for hydroxylation is 1. The quantitative estimate of drug-likeness (QED) is 0.666.